The maximum absolute atomic E-state index is 11.9. The number of rotatable bonds is 4. The number of carbonyl (C=O) groups is 1. The van der Waals surface area contributed by atoms with E-state index in [1.165, 1.54) is 7.11 Å². The second kappa shape index (κ2) is 7.27. The molecule has 0 spiro atoms. The van der Waals surface area contributed by atoms with Crippen molar-refractivity contribution in [3.63, 3.8) is 0 Å². The fourth-order valence-electron chi connectivity index (χ4n) is 2.17. The molecular formula is C18H17BrO3. The minimum absolute atomic E-state index is 0.358. The molecule has 0 saturated heterocycles. The molecule has 0 aliphatic rings. The van der Waals surface area contributed by atoms with Crippen LogP contribution in [0.1, 0.15) is 27.0 Å². The third kappa shape index (κ3) is 3.57. The lowest BCUT2D eigenvalue weighted by Crippen LogP contribution is -2.03. The molecule has 0 fully saturated rings. The predicted octanol–water partition coefficient (Wildman–Crippen LogP) is 4.72. The van der Waals surface area contributed by atoms with Crippen molar-refractivity contribution in [2.75, 3.05) is 14.2 Å². The Morgan fingerprint density at radius 2 is 1.82 bits per heavy atom. The molecule has 0 aliphatic heterocycles. The van der Waals surface area contributed by atoms with Crippen molar-refractivity contribution >= 4 is 34.1 Å². The smallest absolute Gasteiger partial charge is 0.338 e. The molecule has 0 amide bonds. The Balaban J connectivity index is 2.41. The fourth-order valence-corrected chi connectivity index (χ4v) is 2.53. The zero-order chi connectivity index (χ0) is 16.1. The Kier molecular flexibility index (Phi) is 5.39. The van der Waals surface area contributed by atoms with Gasteiger partial charge >= 0.3 is 5.97 Å². The molecule has 0 heterocycles. The average molecular weight is 361 g/mol. The van der Waals surface area contributed by atoms with Crippen LogP contribution in [0.5, 0.6) is 5.75 Å². The van der Waals surface area contributed by atoms with E-state index < -0.39 is 0 Å². The number of halogens is 1. The van der Waals surface area contributed by atoms with Gasteiger partial charge in [-0.05, 0) is 41.8 Å². The molecule has 3 nitrogen and oxygen atoms in total. The van der Waals surface area contributed by atoms with Gasteiger partial charge in [0, 0.05) is 4.47 Å². The SMILES string of the molecule is COC(=O)c1cc(Br)ccc1C=Cc1cccc(OC)c1C. The lowest BCUT2D eigenvalue weighted by atomic mass is 10.0. The monoisotopic (exact) mass is 360 g/mol. The fraction of sp³-hybridized carbons (Fsp3) is 0.167. The highest BCUT2D eigenvalue weighted by Crippen LogP contribution is 2.24. The number of carbonyl (C=O) groups excluding carboxylic acids is 1. The standard InChI is InChI=1S/C18H17BrO3/c1-12-13(5-4-6-17(12)21-2)7-8-14-9-10-15(19)11-16(14)18(20)22-3/h4-11H,1-3H3. The summed E-state index contributed by atoms with van der Waals surface area (Å²) in [6.45, 7) is 2.00. The molecule has 0 bridgehead atoms. The van der Waals surface area contributed by atoms with E-state index in [0.717, 1.165) is 26.9 Å². The van der Waals surface area contributed by atoms with E-state index in [-0.39, 0.29) is 5.97 Å². The number of methoxy groups -OCH3 is 2. The van der Waals surface area contributed by atoms with E-state index in [4.69, 9.17) is 9.47 Å². The highest BCUT2D eigenvalue weighted by molar-refractivity contribution is 9.10. The highest BCUT2D eigenvalue weighted by atomic mass is 79.9. The Labute approximate surface area is 138 Å². The first kappa shape index (κ1) is 16.3. The number of ether oxygens (including phenoxy) is 2. The number of hydrogen-bond acceptors (Lipinski definition) is 3. The summed E-state index contributed by atoms with van der Waals surface area (Å²) in [5.74, 6) is 0.481. The van der Waals surface area contributed by atoms with Gasteiger partial charge in [0.15, 0.2) is 0 Å². The molecular weight excluding hydrogens is 344 g/mol. The first-order chi connectivity index (χ1) is 10.6. The van der Waals surface area contributed by atoms with E-state index in [0.29, 0.717) is 5.56 Å². The Hall–Kier alpha value is -2.07. The number of benzene rings is 2. The van der Waals surface area contributed by atoms with Gasteiger partial charge in [-0.3, -0.25) is 0 Å². The van der Waals surface area contributed by atoms with Gasteiger partial charge in [0.25, 0.3) is 0 Å². The lowest BCUT2D eigenvalue weighted by molar-refractivity contribution is 0.0600. The molecule has 2 aromatic rings. The van der Waals surface area contributed by atoms with Crippen LogP contribution in [-0.2, 0) is 4.74 Å². The zero-order valence-corrected chi connectivity index (χ0v) is 14.3. The second-order valence-electron chi connectivity index (χ2n) is 4.73. The van der Waals surface area contributed by atoms with Gasteiger partial charge in [-0.15, -0.1) is 0 Å². The van der Waals surface area contributed by atoms with E-state index >= 15 is 0 Å². The number of esters is 1. The first-order valence-corrected chi connectivity index (χ1v) is 7.55. The summed E-state index contributed by atoms with van der Waals surface area (Å²) in [5.41, 5.74) is 3.42. The molecule has 114 valence electrons. The van der Waals surface area contributed by atoms with Crippen LogP contribution in [-0.4, -0.2) is 20.2 Å². The van der Waals surface area contributed by atoms with Crippen molar-refractivity contribution in [2.24, 2.45) is 0 Å². The minimum Gasteiger partial charge on any atom is -0.496 e. The normalized spacial score (nSPS) is 10.7. The largest absolute Gasteiger partial charge is 0.496 e. The second-order valence-corrected chi connectivity index (χ2v) is 5.65. The molecule has 0 aromatic heterocycles. The van der Waals surface area contributed by atoms with Crippen LogP contribution in [0.25, 0.3) is 12.2 Å². The molecule has 0 radical (unpaired) electrons. The molecule has 2 rings (SSSR count). The molecule has 0 unspecified atom stereocenters. The summed E-state index contributed by atoms with van der Waals surface area (Å²) >= 11 is 3.37. The Morgan fingerprint density at radius 1 is 1.09 bits per heavy atom. The molecule has 0 saturated carbocycles. The van der Waals surface area contributed by atoms with Crippen molar-refractivity contribution in [1.29, 1.82) is 0 Å². The maximum Gasteiger partial charge on any atom is 0.338 e. The maximum atomic E-state index is 11.9. The minimum atomic E-state index is -0.358. The van der Waals surface area contributed by atoms with Crippen molar-refractivity contribution in [3.8, 4) is 5.75 Å². The van der Waals surface area contributed by atoms with Crippen LogP contribution in [0, 0.1) is 6.92 Å². The molecule has 4 heteroatoms. The third-order valence-electron chi connectivity index (χ3n) is 3.41. The van der Waals surface area contributed by atoms with E-state index in [2.05, 4.69) is 15.9 Å². The topological polar surface area (TPSA) is 35.5 Å². The zero-order valence-electron chi connectivity index (χ0n) is 12.7. The Morgan fingerprint density at radius 3 is 2.50 bits per heavy atom. The van der Waals surface area contributed by atoms with Gasteiger partial charge in [0.2, 0.25) is 0 Å². The van der Waals surface area contributed by atoms with Crippen LogP contribution in [0.4, 0.5) is 0 Å². The third-order valence-corrected chi connectivity index (χ3v) is 3.90. The molecule has 0 N–H and O–H groups in total. The summed E-state index contributed by atoms with van der Waals surface area (Å²) in [5, 5.41) is 0. The van der Waals surface area contributed by atoms with Crippen molar-refractivity contribution in [1.82, 2.24) is 0 Å². The highest BCUT2D eigenvalue weighted by Gasteiger charge is 2.10. The summed E-state index contributed by atoms with van der Waals surface area (Å²) in [6.07, 6.45) is 3.87. The van der Waals surface area contributed by atoms with Crippen molar-refractivity contribution in [3.05, 3.63) is 63.1 Å². The molecule has 2 aromatic carbocycles. The molecule has 22 heavy (non-hydrogen) atoms. The van der Waals surface area contributed by atoms with Gasteiger partial charge in [-0.2, -0.15) is 0 Å². The van der Waals surface area contributed by atoms with Crippen molar-refractivity contribution < 1.29 is 14.3 Å². The van der Waals surface area contributed by atoms with E-state index in [1.807, 2.05) is 49.4 Å². The lowest BCUT2D eigenvalue weighted by Gasteiger charge is -2.08. The van der Waals surface area contributed by atoms with Crippen LogP contribution < -0.4 is 4.74 Å². The van der Waals surface area contributed by atoms with E-state index in [1.54, 1.807) is 13.2 Å². The molecule has 0 atom stereocenters. The summed E-state index contributed by atoms with van der Waals surface area (Å²) < 4.78 is 11.0. The predicted molar refractivity (Wildman–Crippen MR) is 92.1 cm³/mol. The van der Waals surface area contributed by atoms with Gasteiger partial charge < -0.3 is 9.47 Å². The van der Waals surface area contributed by atoms with Crippen LogP contribution >= 0.6 is 15.9 Å². The van der Waals surface area contributed by atoms with Gasteiger partial charge in [-0.25, -0.2) is 4.79 Å². The quantitative estimate of drug-likeness (QED) is 0.584. The van der Waals surface area contributed by atoms with Crippen LogP contribution in [0.2, 0.25) is 0 Å². The van der Waals surface area contributed by atoms with Gasteiger partial charge in [0.1, 0.15) is 5.75 Å². The first-order valence-electron chi connectivity index (χ1n) is 6.76. The summed E-state index contributed by atoms with van der Waals surface area (Å²) in [6, 6.07) is 11.4. The van der Waals surface area contributed by atoms with E-state index in [9.17, 15) is 4.79 Å². The summed E-state index contributed by atoms with van der Waals surface area (Å²) in [4.78, 5) is 11.9. The molecule has 0 aliphatic carbocycles. The van der Waals surface area contributed by atoms with Gasteiger partial charge in [-0.1, -0.05) is 46.3 Å². The summed E-state index contributed by atoms with van der Waals surface area (Å²) in [7, 11) is 3.03. The number of hydrogen-bond donors (Lipinski definition) is 0. The van der Waals surface area contributed by atoms with Gasteiger partial charge in [0.05, 0.1) is 19.8 Å². The Bertz CT molecular complexity index is 720. The van der Waals surface area contributed by atoms with Crippen LogP contribution in [0.15, 0.2) is 40.9 Å². The van der Waals surface area contributed by atoms with Crippen LogP contribution in [0.3, 0.4) is 0 Å². The average Bonchev–Trinajstić information content (AvgIpc) is 2.54. The van der Waals surface area contributed by atoms with Crippen molar-refractivity contribution in [2.45, 2.75) is 6.92 Å².